The molecule has 1 N–H and O–H groups in total. The van der Waals surface area contributed by atoms with Gasteiger partial charge in [0, 0.05) is 10.4 Å². The van der Waals surface area contributed by atoms with E-state index >= 15 is 0 Å². The van der Waals surface area contributed by atoms with Crippen LogP contribution in [0.5, 0.6) is 0 Å². The summed E-state index contributed by atoms with van der Waals surface area (Å²) in [6.45, 7) is 1.98. The number of hydrogen-bond acceptors (Lipinski definition) is 5. The highest BCUT2D eigenvalue weighted by molar-refractivity contribution is 7.16. The summed E-state index contributed by atoms with van der Waals surface area (Å²) >= 11 is 7.46. The first-order chi connectivity index (χ1) is 10.5. The normalized spacial score (nSPS) is 10.8. The van der Waals surface area contributed by atoms with Crippen LogP contribution in [0.2, 0.25) is 5.02 Å². The van der Waals surface area contributed by atoms with Crippen molar-refractivity contribution < 1.29 is 9.72 Å². The van der Waals surface area contributed by atoms with Crippen LogP contribution in [0, 0.1) is 10.1 Å². The molecule has 0 aliphatic carbocycles. The van der Waals surface area contributed by atoms with E-state index in [2.05, 4.69) is 5.32 Å². The fourth-order valence-electron chi connectivity index (χ4n) is 1.86. The van der Waals surface area contributed by atoms with Gasteiger partial charge in [-0.05, 0) is 24.6 Å². The molecule has 114 valence electrons. The zero-order valence-corrected chi connectivity index (χ0v) is 13.3. The van der Waals surface area contributed by atoms with Crippen LogP contribution in [0.25, 0.3) is 0 Å². The van der Waals surface area contributed by atoms with Crippen LogP contribution in [-0.2, 0) is 6.42 Å². The predicted octanol–water partition coefficient (Wildman–Crippen LogP) is 4.35. The van der Waals surface area contributed by atoms with E-state index < -0.39 is 4.92 Å². The van der Waals surface area contributed by atoms with Crippen molar-refractivity contribution in [2.45, 2.75) is 13.3 Å². The summed E-state index contributed by atoms with van der Waals surface area (Å²) < 4.78 is 0. The molecule has 0 aliphatic heterocycles. The first-order valence-corrected chi connectivity index (χ1v) is 7.71. The Balaban J connectivity index is 2.37. The molecule has 0 unspecified atom stereocenters. The number of aryl methyl sites for hydroxylation is 1. The van der Waals surface area contributed by atoms with Gasteiger partial charge in [-0.1, -0.05) is 30.7 Å². The van der Waals surface area contributed by atoms with Gasteiger partial charge in [0.1, 0.15) is 5.00 Å². The number of ketones is 1. The topological polar surface area (TPSA) is 72.2 Å². The summed E-state index contributed by atoms with van der Waals surface area (Å²) in [7, 11) is 0. The number of halogens is 1. The number of carbonyl (C=O) groups excluding carboxylic acids is 1. The molecule has 2 rings (SSSR count). The standard InChI is InChI=1S/C15H13ClN2O3S/c1-2-10-9-12(15(22-10)17-7-8-18(20)21)14(19)11-5-3-4-6-13(11)16/h3-9,17H,2H2,1H3/b8-7+. The average molecular weight is 337 g/mol. The lowest BCUT2D eigenvalue weighted by Crippen LogP contribution is -2.03. The molecular weight excluding hydrogens is 324 g/mol. The van der Waals surface area contributed by atoms with E-state index in [1.54, 1.807) is 30.3 Å². The summed E-state index contributed by atoms with van der Waals surface area (Å²) in [5.41, 5.74) is 0.869. The second-order valence-electron chi connectivity index (χ2n) is 4.36. The molecule has 7 heteroatoms. The van der Waals surface area contributed by atoms with E-state index in [1.165, 1.54) is 17.5 Å². The van der Waals surface area contributed by atoms with E-state index in [-0.39, 0.29) is 5.78 Å². The third kappa shape index (κ3) is 3.72. The lowest BCUT2D eigenvalue weighted by Gasteiger charge is -2.04. The van der Waals surface area contributed by atoms with Crippen LogP contribution in [0.3, 0.4) is 0 Å². The highest BCUT2D eigenvalue weighted by Gasteiger charge is 2.19. The van der Waals surface area contributed by atoms with Crippen molar-refractivity contribution in [3.05, 3.63) is 73.9 Å². The van der Waals surface area contributed by atoms with E-state index in [0.717, 1.165) is 17.5 Å². The van der Waals surface area contributed by atoms with Crippen molar-refractivity contribution >= 4 is 33.7 Å². The summed E-state index contributed by atoms with van der Waals surface area (Å²) in [5, 5.41) is 14.1. The van der Waals surface area contributed by atoms with Gasteiger partial charge in [0.05, 0.1) is 21.7 Å². The molecule has 0 bridgehead atoms. The molecule has 22 heavy (non-hydrogen) atoms. The number of thiophene rings is 1. The van der Waals surface area contributed by atoms with Crippen molar-refractivity contribution in [2.75, 3.05) is 5.32 Å². The Morgan fingerprint density at radius 2 is 2.14 bits per heavy atom. The Hall–Kier alpha value is -2.18. The lowest BCUT2D eigenvalue weighted by molar-refractivity contribution is -0.402. The molecule has 0 fully saturated rings. The minimum Gasteiger partial charge on any atom is -0.348 e. The Bertz CT molecular complexity index is 740. The average Bonchev–Trinajstić information content (AvgIpc) is 2.90. The second-order valence-corrected chi connectivity index (χ2v) is 5.91. The maximum Gasteiger partial charge on any atom is 0.250 e. The Kier molecular flexibility index (Phi) is 5.30. The molecular formula is C15H13ClN2O3S. The lowest BCUT2D eigenvalue weighted by atomic mass is 10.0. The summed E-state index contributed by atoms with van der Waals surface area (Å²) in [6.07, 6.45) is 2.76. The van der Waals surface area contributed by atoms with E-state index in [1.807, 2.05) is 6.92 Å². The third-order valence-electron chi connectivity index (χ3n) is 2.91. The fourth-order valence-corrected chi connectivity index (χ4v) is 3.05. The van der Waals surface area contributed by atoms with Gasteiger partial charge < -0.3 is 5.32 Å². The van der Waals surface area contributed by atoms with Crippen molar-refractivity contribution in [3.8, 4) is 0 Å². The van der Waals surface area contributed by atoms with E-state index in [9.17, 15) is 14.9 Å². The van der Waals surface area contributed by atoms with Crippen LogP contribution in [0.4, 0.5) is 5.00 Å². The number of benzene rings is 1. The smallest absolute Gasteiger partial charge is 0.250 e. The zero-order chi connectivity index (χ0) is 16.1. The number of nitrogens with zero attached hydrogens (tertiary/aromatic N) is 1. The quantitative estimate of drug-likeness (QED) is 0.483. The number of hydrogen-bond donors (Lipinski definition) is 1. The van der Waals surface area contributed by atoms with Crippen molar-refractivity contribution in [1.82, 2.24) is 0 Å². The SMILES string of the molecule is CCc1cc(C(=O)c2ccccc2Cl)c(N/C=C/[N+](=O)[O-])s1. The molecule has 5 nitrogen and oxygen atoms in total. The minimum absolute atomic E-state index is 0.210. The van der Waals surface area contributed by atoms with Gasteiger partial charge in [-0.3, -0.25) is 14.9 Å². The van der Waals surface area contributed by atoms with Crippen LogP contribution in [0.1, 0.15) is 27.7 Å². The largest absolute Gasteiger partial charge is 0.348 e. The predicted molar refractivity (Wildman–Crippen MR) is 88.3 cm³/mol. The van der Waals surface area contributed by atoms with Crippen LogP contribution in [0.15, 0.2) is 42.7 Å². The molecule has 0 atom stereocenters. The number of nitrogens with one attached hydrogen (secondary N) is 1. The molecule has 1 aromatic carbocycles. The van der Waals surface area contributed by atoms with E-state index in [0.29, 0.717) is 21.2 Å². The summed E-state index contributed by atoms with van der Waals surface area (Å²) in [4.78, 5) is 23.4. The van der Waals surface area contributed by atoms with Gasteiger partial charge in [0.15, 0.2) is 5.78 Å². The highest BCUT2D eigenvalue weighted by atomic mass is 35.5. The first kappa shape index (κ1) is 16.2. The van der Waals surface area contributed by atoms with Crippen LogP contribution < -0.4 is 5.32 Å². The summed E-state index contributed by atoms with van der Waals surface area (Å²) in [6, 6.07) is 8.60. The van der Waals surface area contributed by atoms with Gasteiger partial charge in [0.25, 0.3) is 0 Å². The first-order valence-electron chi connectivity index (χ1n) is 6.51. The number of rotatable bonds is 6. The Labute approximate surface area is 136 Å². The molecule has 2 aromatic rings. The van der Waals surface area contributed by atoms with E-state index in [4.69, 9.17) is 11.6 Å². The number of carbonyl (C=O) groups is 1. The minimum atomic E-state index is -0.573. The van der Waals surface area contributed by atoms with Crippen molar-refractivity contribution in [1.29, 1.82) is 0 Å². The Morgan fingerprint density at radius 1 is 1.41 bits per heavy atom. The molecule has 0 spiro atoms. The van der Waals surface area contributed by atoms with Crippen molar-refractivity contribution in [2.24, 2.45) is 0 Å². The number of anilines is 1. The van der Waals surface area contributed by atoms with Gasteiger partial charge in [0.2, 0.25) is 6.20 Å². The second kappa shape index (κ2) is 7.20. The van der Waals surface area contributed by atoms with Gasteiger partial charge >= 0.3 is 0 Å². The maximum atomic E-state index is 12.6. The zero-order valence-electron chi connectivity index (χ0n) is 11.7. The highest BCUT2D eigenvalue weighted by Crippen LogP contribution is 2.32. The van der Waals surface area contributed by atoms with Crippen molar-refractivity contribution in [3.63, 3.8) is 0 Å². The van der Waals surface area contributed by atoms with Crippen LogP contribution >= 0.6 is 22.9 Å². The van der Waals surface area contributed by atoms with Gasteiger partial charge in [-0.2, -0.15) is 0 Å². The molecule has 0 radical (unpaired) electrons. The van der Waals surface area contributed by atoms with Gasteiger partial charge in [-0.25, -0.2) is 0 Å². The Morgan fingerprint density at radius 3 is 2.77 bits per heavy atom. The fraction of sp³-hybridized carbons (Fsp3) is 0.133. The van der Waals surface area contributed by atoms with Gasteiger partial charge in [-0.15, -0.1) is 11.3 Å². The summed E-state index contributed by atoms with van der Waals surface area (Å²) in [5.74, 6) is -0.210. The molecule has 0 saturated heterocycles. The molecule has 0 aliphatic rings. The van der Waals surface area contributed by atoms with Crippen LogP contribution in [-0.4, -0.2) is 10.7 Å². The third-order valence-corrected chi connectivity index (χ3v) is 4.45. The monoisotopic (exact) mass is 336 g/mol. The molecule has 0 saturated carbocycles. The molecule has 1 aromatic heterocycles. The number of nitro groups is 1. The molecule has 0 amide bonds. The molecule has 1 heterocycles. The maximum absolute atomic E-state index is 12.6.